The number of benzene rings is 1. The van der Waals surface area contributed by atoms with Gasteiger partial charge in [-0.1, -0.05) is 61.4 Å². The Morgan fingerprint density at radius 2 is 1.62 bits per heavy atom. The van der Waals surface area contributed by atoms with Crippen LogP contribution >= 0.6 is 0 Å². The lowest BCUT2D eigenvalue weighted by molar-refractivity contribution is -0.148. The fourth-order valence-electron chi connectivity index (χ4n) is 8.65. The lowest BCUT2D eigenvalue weighted by atomic mass is 9.48. The Morgan fingerprint density at radius 1 is 0.952 bits per heavy atom. The average molecular weight is 573 g/mol. The van der Waals surface area contributed by atoms with Crippen molar-refractivity contribution in [1.29, 1.82) is 0 Å². The molecule has 0 heterocycles. The summed E-state index contributed by atoms with van der Waals surface area (Å²) in [6, 6.07) is 6.62. The monoisotopic (exact) mass is 572 g/mol. The number of fused-ring (bicyclic) bond motifs is 6. The number of carbonyl (C=O) groups is 4. The lowest BCUT2D eigenvalue weighted by Gasteiger charge is -2.56. The summed E-state index contributed by atoms with van der Waals surface area (Å²) >= 11 is 0. The predicted molar refractivity (Wildman–Crippen MR) is 162 cm³/mol. The lowest BCUT2D eigenvalue weighted by Crippen LogP contribution is -2.50. The van der Waals surface area contributed by atoms with Gasteiger partial charge in [0.25, 0.3) is 0 Å². The number of hydrogen-bond donors (Lipinski definition) is 1. The molecule has 0 aromatic heterocycles. The second-order valence-corrected chi connectivity index (χ2v) is 13.7. The van der Waals surface area contributed by atoms with E-state index in [2.05, 4.69) is 19.9 Å². The van der Waals surface area contributed by atoms with Crippen molar-refractivity contribution in [3.63, 3.8) is 0 Å². The minimum absolute atomic E-state index is 0.0438. The van der Waals surface area contributed by atoms with E-state index in [1.54, 1.807) is 24.3 Å². The molecule has 0 saturated heterocycles. The van der Waals surface area contributed by atoms with Crippen LogP contribution in [0.25, 0.3) is 5.76 Å². The third kappa shape index (κ3) is 5.22. The van der Waals surface area contributed by atoms with Crippen molar-refractivity contribution in [2.75, 3.05) is 0 Å². The standard InChI is InChI=1S/C21H30O3.C15H14O3/c1-13(22)24-15-8-10-20(2)14(12-15)4-5-16-17-6-7-19(23)21(17,3)11-9-18(16)20;1-9(2)7-8-12-13(16)10-5-3-4-6-11(10)14(17)15(12)18/h4,15-18H,5-12H2,1-3H3;3-7,16H,8H2,1-2H3. The van der Waals surface area contributed by atoms with Crippen molar-refractivity contribution in [2.24, 2.45) is 28.6 Å². The zero-order valence-electron chi connectivity index (χ0n) is 25.6. The molecule has 42 heavy (non-hydrogen) atoms. The second kappa shape index (κ2) is 11.4. The molecule has 3 fully saturated rings. The molecule has 224 valence electrons. The molecule has 0 bridgehead atoms. The quantitative estimate of drug-likeness (QED) is 0.228. The topological polar surface area (TPSA) is 97.7 Å². The molecule has 6 atom stereocenters. The predicted octanol–water partition coefficient (Wildman–Crippen LogP) is 7.53. The van der Waals surface area contributed by atoms with E-state index in [0.717, 1.165) is 50.5 Å². The molecular formula is C36H44O6. The van der Waals surface area contributed by atoms with E-state index >= 15 is 0 Å². The molecule has 0 amide bonds. The largest absolute Gasteiger partial charge is 0.507 e. The van der Waals surface area contributed by atoms with Crippen LogP contribution in [-0.4, -0.2) is 34.5 Å². The number of aliphatic hydroxyl groups excluding tert-OH is 1. The first-order valence-electron chi connectivity index (χ1n) is 15.5. The minimum atomic E-state index is -0.608. The van der Waals surface area contributed by atoms with E-state index < -0.39 is 11.6 Å². The highest BCUT2D eigenvalue weighted by molar-refractivity contribution is 6.52. The Morgan fingerprint density at radius 3 is 2.31 bits per heavy atom. The van der Waals surface area contributed by atoms with Crippen molar-refractivity contribution < 1.29 is 29.0 Å². The molecule has 1 aromatic carbocycles. The summed E-state index contributed by atoms with van der Waals surface area (Å²) in [5.74, 6) is 1.11. The Kier molecular flexibility index (Phi) is 8.21. The summed E-state index contributed by atoms with van der Waals surface area (Å²) in [6.07, 6.45) is 12.9. The third-order valence-electron chi connectivity index (χ3n) is 11.0. The molecule has 3 saturated carbocycles. The maximum absolute atomic E-state index is 12.4. The number of carbonyl (C=O) groups excluding carboxylic acids is 4. The van der Waals surface area contributed by atoms with Gasteiger partial charge < -0.3 is 9.84 Å². The van der Waals surface area contributed by atoms with Gasteiger partial charge in [0.1, 0.15) is 17.6 Å². The van der Waals surface area contributed by atoms with Crippen molar-refractivity contribution in [2.45, 2.75) is 98.5 Å². The SMILES string of the molecule is CC(=O)OC1CCC2(C)C(=CCC3C4CCC(=O)C4(C)CCC32)C1.CC(C)=CCC1=C(O)c2ccccc2C(=O)C1=O. The van der Waals surface area contributed by atoms with Gasteiger partial charge in [0.05, 0.1) is 0 Å². The number of hydrogen-bond acceptors (Lipinski definition) is 6. The summed E-state index contributed by atoms with van der Waals surface area (Å²) in [5.41, 5.74) is 3.67. The van der Waals surface area contributed by atoms with E-state index in [0.29, 0.717) is 29.1 Å². The molecule has 6 rings (SSSR count). The molecule has 6 nitrogen and oxygen atoms in total. The van der Waals surface area contributed by atoms with Gasteiger partial charge in [0.2, 0.25) is 11.6 Å². The van der Waals surface area contributed by atoms with E-state index in [1.807, 2.05) is 19.9 Å². The van der Waals surface area contributed by atoms with E-state index in [1.165, 1.54) is 18.9 Å². The van der Waals surface area contributed by atoms with Gasteiger partial charge in [-0.25, -0.2) is 0 Å². The highest BCUT2D eigenvalue weighted by Crippen LogP contribution is 2.64. The number of ether oxygens (including phenoxy) is 1. The molecule has 1 aromatic rings. The second-order valence-electron chi connectivity index (χ2n) is 13.7. The third-order valence-corrected chi connectivity index (χ3v) is 11.0. The van der Waals surface area contributed by atoms with Crippen LogP contribution in [-0.2, 0) is 19.1 Å². The van der Waals surface area contributed by atoms with Crippen molar-refractivity contribution in [3.8, 4) is 0 Å². The number of rotatable bonds is 3. The Bertz CT molecular complexity index is 1410. The van der Waals surface area contributed by atoms with Crippen LogP contribution in [0.4, 0.5) is 0 Å². The van der Waals surface area contributed by atoms with Crippen LogP contribution in [0.2, 0.25) is 0 Å². The Hall–Kier alpha value is -3.28. The molecule has 0 radical (unpaired) electrons. The minimum Gasteiger partial charge on any atom is -0.507 e. The first kappa shape index (κ1) is 30.2. The van der Waals surface area contributed by atoms with Gasteiger partial charge in [-0.15, -0.1) is 0 Å². The number of esters is 1. The Balaban J connectivity index is 0.000000176. The molecule has 5 aliphatic rings. The first-order chi connectivity index (χ1) is 19.9. The Labute approximate surface area is 249 Å². The van der Waals surface area contributed by atoms with E-state index in [9.17, 15) is 24.3 Å². The van der Waals surface area contributed by atoms with E-state index in [-0.39, 0.29) is 46.2 Å². The molecule has 6 unspecified atom stereocenters. The molecule has 5 aliphatic carbocycles. The van der Waals surface area contributed by atoms with Crippen molar-refractivity contribution in [1.82, 2.24) is 0 Å². The summed E-state index contributed by atoms with van der Waals surface area (Å²) in [6.45, 7) is 10.0. The highest BCUT2D eigenvalue weighted by Gasteiger charge is 2.58. The highest BCUT2D eigenvalue weighted by atomic mass is 16.5. The molecule has 1 N–H and O–H groups in total. The zero-order chi connectivity index (χ0) is 30.4. The van der Waals surface area contributed by atoms with Gasteiger partial charge in [-0.2, -0.15) is 0 Å². The van der Waals surface area contributed by atoms with Gasteiger partial charge in [-0.05, 0) is 82.0 Å². The normalized spacial score (nSPS) is 33.3. The number of Topliss-reactive ketones (excluding diaryl/α,β-unsaturated/α-hetero) is 3. The van der Waals surface area contributed by atoms with Gasteiger partial charge >= 0.3 is 5.97 Å². The maximum Gasteiger partial charge on any atom is 0.302 e. The average Bonchev–Trinajstić information content (AvgIpc) is 3.26. The van der Waals surface area contributed by atoms with Gasteiger partial charge in [-0.3, -0.25) is 19.2 Å². The van der Waals surface area contributed by atoms with Crippen LogP contribution in [0.1, 0.15) is 108 Å². The first-order valence-corrected chi connectivity index (χ1v) is 15.5. The number of aliphatic hydroxyl groups is 1. The summed E-state index contributed by atoms with van der Waals surface area (Å²) < 4.78 is 5.50. The summed E-state index contributed by atoms with van der Waals surface area (Å²) in [5, 5.41) is 10.1. The van der Waals surface area contributed by atoms with Crippen molar-refractivity contribution >= 4 is 29.1 Å². The zero-order valence-corrected chi connectivity index (χ0v) is 25.6. The van der Waals surface area contributed by atoms with Crippen molar-refractivity contribution in [3.05, 3.63) is 64.3 Å². The van der Waals surface area contributed by atoms with Crippen LogP contribution in [0.15, 0.2) is 53.1 Å². The number of ketones is 3. The smallest absolute Gasteiger partial charge is 0.302 e. The van der Waals surface area contributed by atoms with Crippen LogP contribution in [0.3, 0.4) is 0 Å². The number of allylic oxidation sites excluding steroid dienone is 4. The van der Waals surface area contributed by atoms with Crippen LogP contribution in [0.5, 0.6) is 0 Å². The maximum atomic E-state index is 12.4. The molecule has 0 aliphatic heterocycles. The molecule has 0 spiro atoms. The van der Waals surface area contributed by atoms with Gasteiger partial charge in [0, 0.05) is 41.9 Å². The van der Waals surface area contributed by atoms with Gasteiger partial charge in [0.15, 0.2) is 0 Å². The molecule has 6 heteroatoms. The fourth-order valence-corrected chi connectivity index (χ4v) is 8.65. The van der Waals surface area contributed by atoms with Crippen LogP contribution in [0, 0.1) is 28.6 Å². The van der Waals surface area contributed by atoms with Crippen LogP contribution < -0.4 is 0 Å². The molecular weight excluding hydrogens is 528 g/mol. The van der Waals surface area contributed by atoms with E-state index in [4.69, 9.17) is 4.74 Å². The summed E-state index contributed by atoms with van der Waals surface area (Å²) in [7, 11) is 0. The summed E-state index contributed by atoms with van der Waals surface area (Å²) in [4.78, 5) is 47.6. The fraction of sp³-hybridized carbons (Fsp3) is 0.556.